The summed E-state index contributed by atoms with van der Waals surface area (Å²) in [6.07, 6.45) is 4.11. The van der Waals surface area contributed by atoms with Gasteiger partial charge in [0, 0.05) is 26.6 Å². The Balaban J connectivity index is 1.62. The van der Waals surface area contributed by atoms with E-state index in [-0.39, 0.29) is 48.8 Å². The Morgan fingerprint density at radius 2 is 1.97 bits per heavy atom. The van der Waals surface area contributed by atoms with Crippen LogP contribution in [0.15, 0.2) is 41.0 Å². The Morgan fingerprint density at radius 3 is 2.55 bits per heavy atom. The zero-order valence-corrected chi connectivity index (χ0v) is 18.6. The lowest BCUT2D eigenvalue weighted by Crippen LogP contribution is -2.38. The van der Waals surface area contributed by atoms with Crippen LogP contribution in [0.4, 0.5) is 0 Å². The van der Waals surface area contributed by atoms with Crippen molar-refractivity contribution in [2.75, 3.05) is 40.5 Å². The van der Waals surface area contributed by atoms with Crippen LogP contribution in [0.5, 0.6) is 5.75 Å². The Bertz CT molecular complexity index is 881. The number of aliphatic hydroxyl groups is 1. The average Bonchev–Trinajstić information content (AvgIpc) is 3.63. The molecule has 2 atom stereocenters. The van der Waals surface area contributed by atoms with Crippen LogP contribution in [0.2, 0.25) is 0 Å². The second-order valence-corrected chi connectivity index (χ2v) is 9.51. The number of aliphatic hydroxyl groups excluding tert-OH is 1. The number of carbonyl (C=O) groups excluding carboxylic acids is 1. The van der Waals surface area contributed by atoms with Crippen LogP contribution in [-0.2, 0) is 24.3 Å². The maximum absolute atomic E-state index is 13.0. The lowest BCUT2D eigenvalue weighted by Gasteiger charge is -2.29. The van der Waals surface area contributed by atoms with E-state index >= 15 is 0 Å². The smallest absolute Gasteiger partial charge is 0.285 e. The molecule has 172 valence electrons. The molecule has 2 N–H and O–H groups in total. The Labute approximate surface area is 183 Å². The summed E-state index contributed by atoms with van der Waals surface area (Å²) >= 11 is 0. The van der Waals surface area contributed by atoms with Gasteiger partial charge in [-0.25, -0.2) is 8.42 Å². The van der Waals surface area contributed by atoms with Gasteiger partial charge in [-0.1, -0.05) is 0 Å². The molecule has 0 bridgehead atoms. The topological polar surface area (TPSA) is 114 Å². The zero-order valence-electron chi connectivity index (χ0n) is 17.8. The molecule has 9 nitrogen and oxygen atoms in total. The molecule has 1 heterocycles. The summed E-state index contributed by atoms with van der Waals surface area (Å²) in [5.41, 5.74) is 0. The van der Waals surface area contributed by atoms with Crippen LogP contribution in [0.3, 0.4) is 0 Å². The lowest BCUT2D eigenvalue weighted by atomic mass is 9.96. The summed E-state index contributed by atoms with van der Waals surface area (Å²) in [6.45, 7) is -0.264. The van der Waals surface area contributed by atoms with Gasteiger partial charge in [0.2, 0.25) is 16.3 Å². The Morgan fingerprint density at radius 1 is 1.26 bits per heavy atom. The van der Waals surface area contributed by atoms with Crippen molar-refractivity contribution >= 4 is 15.9 Å². The van der Waals surface area contributed by atoms with Gasteiger partial charge in [0.1, 0.15) is 5.75 Å². The van der Waals surface area contributed by atoms with Crippen molar-refractivity contribution in [3.05, 3.63) is 36.1 Å². The molecule has 1 aromatic carbocycles. The van der Waals surface area contributed by atoms with E-state index in [0.29, 0.717) is 18.1 Å². The van der Waals surface area contributed by atoms with E-state index < -0.39 is 16.3 Å². The van der Waals surface area contributed by atoms with Crippen LogP contribution in [0.1, 0.15) is 19.3 Å². The fraction of sp³-hybridized carbons (Fsp3) is 0.571. The van der Waals surface area contributed by atoms with Crippen molar-refractivity contribution in [2.24, 2.45) is 11.8 Å². The van der Waals surface area contributed by atoms with Gasteiger partial charge >= 0.3 is 0 Å². The lowest BCUT2D eigenvalue weighted by molar-refractivity contribution is -0.149. The molecule has 1 aromatic rings. The summed E-state index contributed by atoms with van der Waals surface area (Å²) in [7, 11) is -0.766. The number of likely N-dealkylation sites (N-methyl/N-ethyl adjacent to an activating group) is 1. The SMILES string of the molecule is CNC(=O)C1=C[C@H](C2CC2)C[C@H](OCCN(CCO)S(=O)(=O)c2ccc(OC)cc2)O1. The fourth-order valence-corrected chi connectivity index (χ4v) is 4.98. The van der Waals surface area contributed by atoms with E-state index in [1.807, 2.05) is 6.08 Å². The molecule has 0 saturated heterocycles. The first-order valence-electron chi connectivity index (χ1n) is 10.4. The molecule has 1 aliphatic heterocycles. The summed E-state index contributed by atoms with van der Waals surface area (Å²) in [5.74, 6) is 1.24. The molecule has 1 aliphatic carbocycles. The average molecular weight is 455 g/mol. The Kier molecular flexibility index (Phi) is 7.93. The minimum Gasteiger partial charge on any atom is -0.497 e. The van der Waals surface area contributed by atoms with Gasteiger partial charge in [-0.15, -0.1) is 0 Å². The zero-order chi connectivity index (χ0) is 22.4. The monoisotopic (exact) mass is 454 g/mol. The van der Waals surface area contributed by atoms with E-state index in [1.54, 1.807) is 19.2 Å². The molecule has 0 radical (unpaired) electrons. The van der Waals surface area contributed by atoms with E-state index in [4.69, 9.17) is 14.2 Å². The highest BCUT2D eigenvalue weighted by Crippen LogP contribution is 2.42. The summed E-state index contributed by atoms with van der Waals surface area (Å²) in [5, 5.41) is 11.9. The van der Waals surface area contributed by atoms with Crippen molar-refractivity contribution in [1.29, 1.82) is 0 Å². The third kappa shape index (κ3) is 5.97. The molecule has 10 heteroatoms. The van der Waals surface area contributed by atoms with Crippen molar-refractivity contribution < 1.29 is 32.5 Å². The second-order valence-electron chi connectivity index (χ2n) is 7.57. The van der Waals surface area contributed by atoms with Crippen molar-refractivity contribution in [3.8, 4) is 5.75 Å². The van der Waals surface area contributed by atoms with Crippen LogP contribution in [0.25, 0.3) is 0 Å². The standard InChI is InChI=1S/C21H30N2O7S/c1-22-21(25)19-13-16(15-3-4-15)14-20(30-19)29-12-10-23(9-11-24)31(26,27)18-7-5-17(28-2)6-8-18/h5-8,13,15-16,20,24H,3-4,9-12,14H2,1-2H3,(H,22,25)/t16-,20+/m0/s1. The van der Waals surface area contributed by atoms with Gasteiger partial charge in [-0.2, -0.15) is 4.31 Å². The Hall–Kier alpha value is -2.14. The second kappa shape index (κ2) is 10.4. The number of nitrogens with zero attached hydrogens (tertiary/aromatic N) is 1. The van der Waals surface area contributed by atoms with E-state index in [2.05, 4.69) is 5.32 Å². The van der Waals surface area contributed by atoms with Gasteiger partial charge in [0.05, 0.1) is 25.2 Å². The number of ether oxygens (including phenoxy) is 3. The highest BCUT2D eigenvalue weighted by Gasteiger charge is 2.37. The number of rotatable bonds is 11. The maximum Gasteiger partial charge on any atom is 0.285 e. The van der Waals surface area contributed by atoms with Crippen molar-refractivity contribution in [3.63, 3.8) is 0 Å². The normalized spacial score (nSPS) is 21.4. The minimum atomic E-state index is -3.81. The maximum atomic E-state index is 13.0. The molecule has 0 unspecified atom stereocenters. The van der Waals surface area contributed by atoms with Crippen LogP contribution < -0.4 is 10.1 Å². The number of benzene rings is 1. The number of carbonyl (C=O) groups is 1. The first kappa shape index (κ1) is 23.5. The third-order valence-electron chi connectivity index (χ3n) is 5.46. The number of allylic oxidation sites excluding steroid dienone is 1. The van der Waals surface area contributed by atoms with Crippen molar-refractivity contribution in [1.82, 2.24) is 9.62 Å². The molecule has 0 aromatic heterocycles. The predicted molar refractivity (Wildman–Crippen MR) is 113 cm³/mol. The number of hydrogen-bond acceptors (Lipinski definition) is 7. The number of amides is 1. The van der Waals surface area contributed by atoms with Gasteiger partial charge in [-0.05, 0) is 55.0 Å². The quantitative estimate of drug-likeness (QED) is 0.515. The molecule has 3 rings (SSSR count). The largest absolute Gasteiger partial charge is 0.497 e. The summed E-state index contributed by atoms with van der Waals surface area (Å²) < 4.78 is 43.7. The number of nitrogens with one attached hydrogen (secondary N) is 1. The summed E-state index contributed by atoms with van der Waals surface area (Å²) in [6, 6.07) is 6.07. The first-order valence-corrected chi connectivity index (χ1v) is 11.8. The highest BCUT2D eigenvalue weighted by molar-refractivity contribution is 7.89. The van der Waals surface area contributed by atoms with E-state index in [9.17, 15) is 18.3 Å². The first-order chi connectivity index (χ1) is 14.9. The van der Waals surface area contributed by atoms with Gasteiger partial charge in [0.25, 0.3) is 5.91 Å². The molecular weight excluding hydrogens is 424 g/mol. The molecule has 1 fully saturated rings. The van der Waals surface area contributed by atoms with E-state index in [0.717, 1.165) is 12.8 Å². The highest BCUT2D eigenvalue weighted by atomic mass is 32.2. The summed E-state index contributed by atoms with van der Waals surface area (Å²) in [4.78, 5) is 12.1. The molecule has 31 heavy (non-hydrogen) atoms. The fourth-order valence-electron chi connectivity index (χ4n) is 3.57. The van der Waals surface area contributed by atoms with Gasteiger partial charge in [-0.3, -0.25) is 4.79 Å². The minimum absolute atomic E-state index is 0.0436. The number of sulfonamides is 1. The molecule has 1 amide bonds. The van der Waals surface area contributed by atoms with E-state index in [1.165, 1.54) is 23.5 Å². The molecule has 2 aliphatic rings. The number of methoxy groups -OCH3 is 1. The number of hydrogen-bond donors (Lipinski definition) is 2. The van der Waals surface area contributed by atoms with Gasteiger partial charge < -0.3 is 24.6 Å². The third-order valence-corrected chi connectivity index (χ3v) is 7.37. The molecular formula is C21H30N2O7S. The molecule has 1 saturated carbocycles. The van der Waals surface area contributed by atoms with Gasteiger partial charge in [0.15, 0.2) is 5.76 Å². The van der Waals surface area contributed by atoms with Crippen molar-refractivity contribution in [2.45, 2.75) is 30.4 Å². The van der Waals surface area contributed by atoms with Crippen LogP contribution in [-0.4, -0.2) is 70.5 Å². The van der Waals surface area contributed by atoms with Crippen LogP contribution in [0, 0.1) is 11.8 Å². The predicted octanol–water partition coefficient (Wildman–Crippen LogP) is 1.10. The van der Waals surface area contributed by atoms with Crippen LogP contribution >= 0.6 is 0 Å². The molecule has 0 spiro atoms.